The van der Waals surface area contributed by atoms with Crippen molar-refractivity contribution in [3.8, 4) is 0 Å². The molecular weight excluding hydrogens is 244 g/mol. The van der Waals surface area contributed by atoms with Gasteiger partial charge < -0.3 is 11.1 Å². The molecule has 0 spiro atoms. The molecule has 0 aliphatic rings. The van der Waals surface area contributed by atoms with Crippen LogP contribution in [0.4, 0.5) is 0 Å². The third-order valence-electron chi connectivity index (χ3n) is 3.06. The fraction of sp³-hybridized carbons (Fsp3) is 0.429. The number of nitrogens with two attached hydrogens (primary N) is 1. The molecule has 1 aromatic carbocycles. The molecule has 0 saturated heterocycles. The van der Waals surface area contributed by atoms with Crippen molar-refractivity contribution >= 4 is 23.1 Å². The van der Waals surface area contributed by atoms with Crippen LogP contribution in [0.1, 0.15) is 38.3 Å². The Balaban J connectivity index is 2.82. The minimum Gasteiger partial charge on any atom is -0.391 e. The van der Waals surface area contributed by atoms with Crippen molar-refractivity contribution in [3.63, 3.8) is 0 Å². The van der Waals surface area contributed by atoms with E-state index in [2.05, 4.69) is 5.32 Å². The molecule has 1 amide bonds. The van der Waals surface area contributed by atoms with E-state index in [0.29, 0.717) is 4.99 Å². The number of amides is 1. The number of benzene rings is 1. The van der Waals surface area contributed by atoms with Crippen LogP contribution < -0.4 is 11.1 Å². The van der Waals surface area contributed by atoms with Crippen LogP contribution in [0.5, 0.6) is 0 Å². The van der Waals surface area contributed by atoms with E-state index in [1.807, 2.05) is 44.2 Å². The summed E-state index contributed by atoms with van der Waals surface area (Å²) >= 11 is 5.04. The molecule has 0 saturated carbocycles. The first-order chi connectivity index (χ1) is 8.60. The summed E-state index contributed by atoms with van der Waals surface area (Å²) in [5.74, 6) is 0.0345. The number of rotatable bonds is 6. The standard InChI is InChI=1S/C14H20N2OS/c1-3-10(4-2)14(17)16-12(13(15)18)11-8-6-5-7-9-11/h5-10,12H,3-4H2,1-2H3,(H2,15,18)(H,16,17). The maximum absolute atomic E-state index is 12.1. The van der Waals surface area contributed by atoms with Crippen molar-refractivity contribution < 1.29 is 4.79 Å². The summed E-state index contributed by atoms with van der Waals surface area (Å²) in [5, 5.41) is 2.93. The van der Waals surface area contributed by atoms with Gasteiger partial charge in [-0.1, -0.05) is 56.4 Å². The SMILES string of the molecule is CCC(CC)C(=O)NC(C(N)=S)c1ccccc1. The molecule has 1 aromatic rings. The predicted octanol–water partition coefficient (Wildman–Crippen LogP) is 2.57. The van der Waals surface area contributed by atoms with Crippen molar-refractivity contribution in [2.45, 2.75) is 32.7 Å². The minimum atomic E-state index is -0.380. The third-order valence-corrected chi connectivity index (χ3v) is 3.30. The van der Waals surface area contributed by atoms with E-state index < -0.39 is 0 Å². The van der Waals surface area contributed by atoms with E-state index in [1.54, 1.807) is 0 Å². The van der Waals surface area contributed by atoms with Crippen molar-refractivity contribution in [2.24, 2.45) is 11.7 Å². The lowest BCUT2D eigenvalue weighted by Crippen LogP contribution is -2.39. The summed E-state index contributed by atoms with van der Waals surface area (Å²) in [6.45, 7) is 4.01. The number of hydrogen-bond donors (Lipinski definition) is 2. The lowest BCUT2D eigenvalue weighted by Gasteiger charge is -2.21. The van der Waals surface area contributed by atoms with E-state index in [0.717, 1.165) is 18.4 Å². The number of thiocarbonyl (C=S) groups is 1. The van der Waals surface area contributed by atoms with Crippen molar-refractivity contribution in [2.75, 3.05) is 0 Å². The van der Waals surface area contributed by atoms with Gasteiger partial charge in [0.05, 0.1) is 0 Å². The molecule has 0 aliphatic carbocycles. The fourth-order valence-electron chi connectivity index (χ4n) is 1.88. The lowest BCUT2D eigenvalue weighted by atomic mass is 10.0. The van der Waals surface area contributed by atoms with E-state index in [1.165, 1.54) is 0 Å². The summed E-state index contributed by atoms with van der Waals surface area (Å²) in [5.41, 5.74) is 6.64. The first kappa shape index (κ1) is 14.6. The Bertz CT molecular complexity index is 402. The zero-order valence-electron chi connectivity index (χ0n) is 10.8. The van der Waals surface area contributed by atoms with Gasteiger partial charge in [0.1, 0.15) is 11.0 Å². The maximum atomic E-state index is 12.1. The molecule has 18 heavy (non-hydrogen) atoms. The van der Waals surface area contributed by atoms with Crippen LogP contribution in [0.15, 0.2) is 30.3 Å². The smallest absolute Gasteiger partial charge is 0.223 e. The van der Waals surface area contributed by atoms with Gasteiger partial charge in [-0.3, -0.25) is 4.79 Å². The zero-order valence-corrected chi connectivity index (χ0v) is 11.7. The Kier molecular flexibility index (Phi) is 5.78. The molecule has 0 fully saturated rings. The maximum Gasteiger partial charge on any atom is 0.223 e. The summed E-state index contributed by atoms with van der Waals surface area (Å²) < 4.78 is 0. The van der Waals surface area contributed by atoms with Gasteiger partial charge in [-0.25, -0.2) is 0 Å². The molecule has 1 unspecified atom stereocenters. The monoisotopic (exact) mass is 264 g/mol. The molecule has 0 bridgehead atoms. The first-order valence-electron chi connectivity index (χ1n) is 6.24. The Morgan fingerprint density at radius 3 is 2.28 bits per heavy atom. The van der Waals surface area contributed by atoms with E-state index in [-0.39, 0.29) is 17.9 Å². The quantitative estimate of drug-likeness (QED) is 0.776. The van der Waals surface area contributed by atoms with Crippen LogP contribution in [0, 0.1) is 5.92 Å². The van der Waals surface area contributed by atoms with Crippen molar-refractivity contribution in [1.82, 2.24) is 5.32 Å². The largest absolute Gasteiger partial charge is 0.391 e. The average molecular weight is 264 g/mol. The molecule has 3 nitrogen and oxygen atoms in total. The minimum absolute atomic E-state index is 0.0154. The highest BCUT2D eigenvalue weighted by molar-refractivity contribution is 7.80. The summed E-state index contributed by atoms with van der Waals surface area (Å²) in [6, 6.07) is 9.18. The van der Waals surface area contributed by atoms with E-state index >= 15 is 0 Å². The van der Waals surface area contributed by atoms with Crippen LogP contribution in [0.25, 0.3) is 0 Å². The number of carbonyl (C=O) groups excluding carboxylic acids is 1. The fourth-order valence-corrected chi connectivity index (χ4v) is 2.08. The normalized spacial score (nSPS) is 12.2. The van der Waals surface area contributed by atoms with Crippen LogP contribution in [0.3, 0.4) is 0 Å². The van der Waals surface area contributed by atoms with Gasteiger partial charge in [0.25, 0.3) is 0 Å². The van der Waals surface area contributed by atoms with Crippen LogP contribution in [0.2, 0.25) is 0 Å². The van der Waals surface area contributed by atoms with Gasteiger partial charge in [-0.05, 0) is 18.4 Å². The molecule has 1 rings (SSSR count). The van der Waals surface area contributed by atoms with Crippen molar-refractivity contribution in [1.29, 1.82) is 0 Å². The Morgan fingerprint density at radius 2 is 1.83 bits per heavy atom. The van der Waals surface area contributed by atoms with Gasteiger partial charge in [0.15, 0.2) is 0 Å². The Morgan fingerprint density at radius 1 is 1.28 bits per heavy atom. The lowest BCUT2D eigenvalue weighted by molar-refractivity contribution is -0.125. The highest BCUT2D eigenvalue weighted by atomic mass is 32.1. The Labute approximate surface area is 114 Å². The second-order valence-corrected chi connectivity index (χ2v) is 4.74. The average Bonchev–Trinajstić information content (AvgIpc) is 2.38. The van der Waals surface area contributed by atoms with Gasteiger partial charge in [-0.15, -0.1) is 0 Å². The number of hydrogen-bond acceptors (Lipinski definition) is 2. The van der Waals surface area contributed by atoms with Gasteiger partial charge in [0, 0.05) is 5.92 Å². The molecule has 4 heteroatoms. The van der Waals surface area contributed by atoms with Gasteiger partial charge in [0.2, 0.25) is 5.91 Å². The van der Waals surface area contributed by atoms with Gasteiger partial charge in [-0.2, -0.15) is 0 Å². The number of carbonyl (C=O) groups is 1. The van der Waals surface area contributed by atoms with Gasteiger partial charge >= 0.3 is 0 Å². The molecule has 0 aliphatic heterocycles. The molecule has 98 valence electrons. The second kappa shape index (κ2) is 7.11. The zero-order chi connectivity index (χ0) is 13.5. The van der Waals surface area contributed by atoms with Crippen LogP contribution in [-0.4, -0.2) is 10.9 Å². The molecule has 3 N–H and O–H groups in total. The first-order valence-corrected chi connectivity index (χ1v) is 6.65. The van der Waals surface area contributed by atoms with E-state index in [4.69, 9.17) is 18.0 Å². The van der Waals surface area contributed by atoms with E-state index in [9.17, 15) is 4.79 Å². The molecule has 0 radical (unpaired) electrons. The Hall–Kier alpha value is -1.42. The molecule has 0 heterocycles. The summed E-state index contributed by atoms with van der Waals surface area (Å²) in [4.78, 5) is 12.4. The number of nitrogens with one attached hydrogen (secondary N) is 1. The van der Waals surface area contributed by atoms with Crippen LogP contribution in [-0.2, 0) is 4.79 Å². The van der Waals surface area contributed by atoms with Crippen LogP contribution >= 0.6 is 12.2 Å². The highest BCUT2D eigenvalue weighted by Crippen LogP contribution is 2.15. The predicted molar refractivity (Wildman–Crippen MR) is 78.2 cm³/mol. The van der Waals surface area contributed by atoms with Crippen molar-refractivity contribution in [3.05, 3.63) is 35.9 Å². The third kappa shape index (κ3) is 3.81. The molecule has 1 atom stereocenters. The second-order valence-electron chi connectivity index (χ2n) is 4.27. The summed E-state index contributed by atoms with van der Waals surface area (Å²) in [7, 11) is 0. The topological polar surface area (TPSA) is 55.1 Å². The molecular formula is C14H20N2OS. The highest BCUT2D eigenvalue weighted by Gasteiger charge is 2.21. The summed E-state index contributed by atoms with van der Waals surface area (Å²) in [6.07, 6.45) is 1.64. The molecule has 0 aromatic heterocycles.